The highest BCUT2D eigenvalue weighted by Gasteiger charge is 2.21. The molecule has 0 spiro atoms. The van der Waals surface area contributed by atoms with Crippen molar-refractivity contribution in [3.05, 3.63) is 40.7 Å². The minimum Gasteiger partial charge on any atom is -0.334 e. The van der Waals surface area contributed by atoms with Crippen molar-refractivity contribution in [2.24, 2.45) is 0 Å². The van der Waals surface area contributed by atoms with Crippen molar-refractivity contribution in [3.63, 3.8) is 0 Å². The summed E-state index contributed by atoms with van der Waals surface area (Å²) in [5.41, 5.74) is 0.251. The molecule has 0 aliphatic rings. The molecule has 0 fully saturated rings. The van der Waals surface area contributed by atoms with Crippen LogP contribution in [-0.4, -0.2) is 22.9 Å². The van der Waals surface area contributed by atoms with Gasteiger partial charge in [0.1, 0.15) is 5.82 Å². The number of hydrogen-bond donors (Lipinski definition) is 0. The van der Waals surface area contributed by atoms with Crippen molar-refractivity contribution in [3.8, 4) is 0 Å². The molecular formula is C17H23ClFNO. The van der Waals surface area contributed by atoms with E-state index in [0.29, 0.717) is 5.02 Å². The summed E-state index contributed by atoms with van der Waals surface area (Å²) in [6.07, 6.45) is 4.62. The average molecular weight is 312 g/mol. The minimum absolute atomic E-state index is 0.113. The molecule has 1 rings (SSSR count). The lowest BCUT2D eigenvalue weighted by molar-refractivity contribution is -0.130. The molecule has 0 unspecified atom stereocenters. The number of nitrogens with zero attached hydrogens (tertiary/aromatic N) is 1. The Bertz CT molecular complexity index is 485. The van der Waals surface area contributed by atoms with Gasteiger partial charge in [0, 0.05) is 23.7 Å². The number of rotatable bonds is 6. The second-order valence-corrected chi connectivity index (χ2v) is 5.64. The lowest BCUT2D eigenvalue weighted by Gasteiger charge is -2.33. The Morgan fingerprint density at radius 3 is 2.33 bits per heavy atom. The van der Waals surface area contributed by atoms with Crippen LogP contribution >= 0.6 is 11.6 Å². The van der Waals surface area contributed by atoms with Gasteiger partial charge in [-0.05, 0) is 44.9 Å². The van der Waals surface area contributed by atoms with E-state index in [2.05, 4.69) is 0 Å². The predicted octanol–water partition coefficient (Wildman–Crippen LogP) is 4.92. The lowest BCUT2D eigenvalue weighted by Crippen LogP contribution is -2.43. The number of hydrogen-bond acceptors (Lipinski definition) is 1. The maximum absolute atomic E-state index is 13.7. The molecule has 1 aromatic carbocycles. The number of halogens is 2. The fourth-order valence-electron chi connectivity index (χ4n) is 2.17. The molecule has 0 N–H and O–H groups in total. The van der Waals surface area contributed by atoms with Gasteiger partial charge in [0.2, 0.25) is 5.91 Å². The maximum Gasteiger partial charge on any atom is 0.247 e. The van der Waals surface area contributed by atoms with Gasteiger partial charge in [0.05, 0.1) is 5.02 Å². The summed E-state index contributed by atoms with van der Waals surface area (Å²) < 4.78 is 13.7. The topological polar surface area (TPSA) is 20.3 Å². The van der Waals surface area contributed by atoms with E-state index in [1.807, 2.05) is 32.6 Å². The number of carbonyl (C=O) groups is 1. The monoisotopic (exact) mass is 311 g/mol. The molecule has 0 bridgehead atoms. The van der Waals surface area contributed by atoms with Gasteiger partial charge in [-0.2, -0.15) is 0 Å². The molecular weight excluding hydrogens is 289 g/mol. The van der Waals surface area contributed by atoms with Crippen molar-refractivity contribution < 1.29 is 9.18 Å². The summed E-state index contributed by atoms with van der Waals surface area (Å²) in [5, 5.41) is 0.303. The van der Waals surface area contributed by atoms with Gasteiger partial charge in [-0.25, -0.2) is 4.39 Å². The van der Waals surface area contributed by atoms with Gasteiger partial charge in [-0.3, -0.25) is 4.79 Å². The Kier molecular flexibility index (Phi) is 6.90. The molecule has 0 aromatic heterocycles. The Balaban J connectivity index is 2.98. The maximum atomic E-state index is 13.7. The quantitative estimate of drug-likeness (QED) is 0.683. The van der Waals surface area contributed by atoms with Gasteiger partial charge in [0.25, 0.3) is 0 Å². The molecule has 0 heterocycles. The Morgan fingerprint density at radius 2 is 1.86 bits per heavy atom. The summed E-state index contributed by atoms with van der Waals surface area (Å²) in [7, 11) is 0. The van der Waals surface area contributed by atoms with Crippen molar-refractivity contribution in [1.29, 1.82) is 0 Å². The molecule has 0 saturated carbocycles. The minimum atomic E-state index is -0.426. The predicted molar refractivity (Wildman–Crippen MR) is 86.8 cm³/mol. The summed E-state index contributed by atoms with van der Waals surface area (Å²) in [6, 6.07) is 4.77. The first-order chi connectivity index (χ1) is 9.92. The van der Waals surface area contributed by atoms with Crippen LogP contribution in [0.2, 0.25) is 5.02 Å². The normalized spacial score (nSPS) is 14.2. The number of carbonyl (C=O) groups excluding carboxylic acids is 1. The van der Waals surface area contributed by atoms with Crippen LogP contribution in [0.5, 0.6) is 0 Å². The van der Waals surface area contributed by atoms with Gasteiger partial charge in [0.15, 0.2) is 0 Å². The van der Waals surface area contributed by atoms with Gasteiger partial charge in [-0.1, -0.05) is 31.5 Å². The summed E-state index contributed by atoms with van der Waals surface area (Å²) in [5.74, 6) is -0.539. The smallest absolute Gasteiger partial charge is 0.247 e. The van der Waals surface area contributed by atoms with E-state index in [1.165, 1.54) is 18.2 Å². The Hall–Kier alpha value is -1.35. The van der Waals surface area contributed by atoms with Crippen LogP contribution < -0.4 is 0 Å². The third-order valence-electron chi connectivity index (χ3n) is 3.78. The Labute approximate surface area is 131 Å². The van der Waals surface area contributed by atoms with E-state index in [0.717, 1.165) is 12.8 Å². The zero-order chi connectivity index (χ0) is 16.0. The Morgan fingerprint density at radius 1 is 1.29 bits per heavy atom. The first kappa shape index (κ1) is 17.7. The van der Waals surface area contributed by atoms with Crippen LogP contribution in [0.1, 0.15) is 46.1 Å². The summed E-state index contributed by atoms with van der Waals surface area (Å²) >= 11 is 5.96. The van der Waals surface area contributed by atoms with E-state index in [9.17, 15) is 9.18 Å². The highest BCUT2D eigenvalue weighted by atomic mass is 35.5. The summed E-state index contributed by atoms with van der Waals surface area (Å²) in [4.78, 5) is 14.3. The van der Waals surface area contributed by atoms with Crippen LogP contribution in [0, 0.1) is 5.82 Å². The van der Waals surface area contributed by atoms with Crippen LogP contribution in [0.3, 0.4) is 0 Å². The molecule has 4 heteroatoms. The van der Waals surface area contributed by atoms with Crippen LogP contribution in [0.15, 0.2) is 24.3 Å². The molecule has 0 aliphatic heterocycles. The van der Waals surface area contributed by atoms with Crippen molar-refractivity contribution in [1.82, 2.24) is 4.90 Å². The molecule has 2 nitrogen and oxygen atoms in total. The molecule has 1 amide bonds. The van der Waals surface area contributed by atoms with Crippen molar-refractivity contribution >= 4 is 23.6 Å². The van der Waals surface area contributed by atoms with Gasteiger partial charge < -0.3 is 4.90 Å². The van der Waals surface area contributed by atoms with E-state index in [-0.39, 0.29) is 23.6 Å². The van der Waals surface area contributed by atoms with Crippen LogP contribution in [-0.2, 0) is 4.79 Å². The number of amides is 1. The van der Waals surface area contributed by atoms with Gasteiger partial charge >= 0.3 is 0 Å². The zero-order valence-electron chi connectivity index (χ0n) is 13.1. The molecule has 21 heavy (non-hydrogen) atoms. The molecule has 0 radical (unpaired) electrons. The molecule has 0 saturated heterocycles. The molecule has 0 aliphatic carbocycles. The first-order valence-corrected chi connectivity index (χ1v) is 7.74. The van der Waals surface area contributed by atoms with E-state index >= 15 is 0 Å². The molecule has 116 valence electrons. The van der Waals surface area contributed by atoms with Gasteiger partial charge in [-0.15, -0.1) is 0 Å². The largest absolute Gasteiger partial charge is 0.334 e. The number of benzene rings is 1. The lowest BCUT2D eigenvalue weighted by atomic mass is 10.1. The van der Waals surface area contributed by atoms with E-state index < -0.39 is 5.82 Å². The molecule has 2 atom stereocenters. The van der Waals surface area contributed by atoms with Crippen molar-refractivity contribution in [2.75, 3.05) is 0 Å². The third-order valence-corrected chi connectivity index (χ3v) is 4.11. The summed E-state index contributed by atoms with van der Waals surface area (Å²) in [6.45, 7) is 8.14. The molecule has 1 aromatic rings. The van der Waals surface area contributed by atoms with Crippen LogP contribution in [0.25, 0.3) is 6.08 Å². The second-order valence-electron chi connectivity index (χ2n) is 5.23. The first-order valence-electron chi connectivity index (χ1n) is 7.36. The SMILES string of the molecule is CC[C@H](C)N(C(=O)/C=C/c1c(F)cccc1Cl)[C@@H](C)CC. The third kappa shape index (κ3) is 4.57. The van der Waals surface area contributed by atoms with Crippen molar-refractivity contribution in [2.45, 2.75) is 52.6 Å². The van der Waals surface area contributed by atoms with Crippen LogP contribution in [0.4, 0.5) is 4.39 Å². The zero-order valence-corrected chi connectivity index (χ0v) is 13.8. The highest BCUT2D eigenvalue weighted by Crippen LogP contribution is 2.21. The van der Waals surface area contributed by atoms with E-state index in [4.69, 9.17) is 11.6 Å². The fraction of sp³-hybridized carbons (Fsp3) is 0.471. The van der Waals surface area contributed by atoms with E-state index in [1.54, 1.807) is 12.1 Å². The highest BCUT2D eigenvalue weighted by molar-refractivity contribution is 6.32. The fourth-order valence-corrected chi connectivity index (χ4v) is 2.40. The average Bonchev–Trinajstić information content (AvgIpc) is 2.46. The standard InChI is InChI=1S/C17H23ClFNO/c1-5-12(3)20(13(4)6-2)17(21)11-10-14-15(18)8-7-9-16(14)19/h7-13H,5-6H2,1-4H3/b11-10+/t12-,13-/m0/s1. The second kappa shape index (κ2) is 8.18.